The number of rotatable bonds is 4. The molecule has 1 N–H and O–H groups in total. The number of aromatic nitrogens is 2. The van der Waals surface area contributed by atoms with Crippen LogP contribution in [0.25, 0.3) is 21.3 Å². The molecule has 0 amide bonds. The summed E-state index contributed by atoms with van der Waals surface area (Å²) in [6, 6.07) is 7.57. The molecule has 4 heterocycles. The van der Waals surface area contributed by atoms with E-state index in [0.717, 1.165) is 48.4 Å². The smallest absolute Gasteiger partial charge is 0.422 e. The first-order valence-corrected chi connectivity index (χ1v) is 12.1. The number of hydrogen-bond acceptors (Lipinski definition) is 7. The highest BCUT2D eigenvalue weighted by Crippen LogP contribution is 2.44. The van der Waals surface area contributed by atoms with Gasteiger partial charge in [0, 0.05) is 32.4 Å². The number of halogens is 1. The lowest BCUT2D eigenvalue weighted by molar-refractivity contribution is 0.415. The monoisotopic (exact) mass is 476 g/mol. The maximum Gasteiger partial charge on any atom is 0.422 e. The third-order valence-electron chi connectivity index (χ3n) is 5.35. The lowest BCUT2D eigenvalue weighted by Gasteiger charge is -2.15. The second-order valence-electron chi connectivity index (χ2n) is 7.14. The normalized spacial score (nSPS) is 15.9. The van der Waals surface area contributed by atoms with E-state index in [2.05, 4.69) is 0 Å². The highest BCUT2D eigenvalue weighted by molar-refractivity contribution is 7.84. The molecule has 7 nitrogen and oxygen atoms in total. The van der Waals surface area contributed by atoms with Gasteiger partial charge in [0.15, 0.2) is 6.26 Å². The molecule has 1 unspecified atom stereocenters. The van der Waals surface area contributed by atoms with Crippen LogP contribution in [-0.2, 0) is 29.5 Å². The SMILES string of the molecule is COc1ccc(-c2c(Cl)c(Cn3c(O)coc3=O)nc3sc4c(c23)CCS(=O)C4)cc1. The predicted molar refractivity (Wildman–Crippen MR) is 121 cm³/mol. The molecule has 0 spiro atoms. The van der Waals surface area contributed by atoms with Crippen LogP contribution < -0.4 is 10.5 Å². The number of hydrogen-bond donors (Lipinski definition) is 1. The van der Waals surface area contributed by atoms with Crippen molar-refractivity contribution in [3.63, 3.8) is 0 Å². The van der Waals surface area contributed by atoms with Gasteiger partial charge in [0.05, 0.1) is 30.1 Å². The maximum absolute atomic E-state index is 12.1. The minimum atomic E-state index is -0.884. The van der Waals surface area contributed by atoms with Crippen molar-refractivity contribution in [3.05, 3.63) is 62.2 Å². The Morgan fingerprint density at radius 2 is 2.13 bits per heavy atom. The van der Waals surface area contributed by atoms with E-state index in [-0.39, 0.29) is 12.4 Å². The van der Waals surface area contributed by atoms with Crippen LogP contribution in [-0.4, -0.2) is 31.7 Å². The van der Waals surface area contributed by atoms with Gasteiger partial charge in [0.2, 0.25) is 5.88 Å². The molecule has 3 aromatic heterocycles. The Balaban J connectivity index is 1.77. The van der Waals surface area contributed by atoms with Gasteiger partial charge in [-0.3, -0.25) is 4.21 Å². The molecule has 5 rings (SSSR count). The summed E-state index contributed by atoms with van der Waals surface area (Å²) in [5, 5.41) is 11.3. The minimum Gasteiger partial charge on any atom is -0.497 e. The Bertz CT molecular complexity index is 1390. The Labute approximate surface area is 188 Å². The van der Waals surface area contributed by atoms with Crippen molar-refractivity contribution in [2.24, 2.45) is 0 Å². The zero-order valence-electron chi connectivity index (χ0n) is 16.4. The number of ether oxygens (including phenoxy) is 1. The number of aryl methyl sites for hydroxylation is 1. The molecule has 31 heavy (non-hydrogen) atoms. The molecule has 1 atom stereocenters. The molecule has 1 aromatic carbocycles. The molecular weight excluding hydrogens is 460 g/mol. The standard InChI is InChI=1S/C21H17ClN2O5S2/c1-28-12-4-2-11(3-5-12)17-18-13-6-7-31(27)10-15(13)30-20(18)23-14(19(17)22)8-24-16(25)9-29-21(24)26/h2-5,9,25H,6-8,10H2,1H3. The number of methoxy groups -OCH3 is 1. The van der Waals surface area contributed by atoms with Gasteiger partial charge in [-0.25, -0.2) is 14.3 Å². The molecule has 0 fully saturated rings. The summed E-state index contributed by atoms with van der Waals surface area (Å²) in [6.07, 6.45) is 1.68. The zero-order chi connectivity index (χ0) is 21.7. The van der Waals surface area contributed by atoms with Gasteiger partial charge in [-0.1, -0.05) is 23.7 Å². The second-order valence-corrected chi connectivity index (χ2v) is 10.2. The molecule has 4 aromatic rings. The summed E-state index contributed by atoms with van der Waals surface area (Å²) >= 11 is 8.37. The van der Waals surface area contributed by atoms with E-state index in [9.17, 15) is 14.1 Å². The van der Waals surface area contributed by atoms with Crippen LogP contribution in [0.15, 0.2) is 39.7 Å². The van der Waals surface area contributed by atoms with Crippen LogP contribution in [0.5, 0.6) is 11.6 Å². The van der Waals surface area contributed by atoms with Crippen LogP contribution in [0.2, 0.25) is 5.02 Å². The summed E-state index contributed by atoms with van der Waals surface area (Å²) < 4.78 is 23.2. The Morgan fingerprint density at radius 3 is 2.81 bits per heavy atom. The van der Waals surface area contributed by atoms with Crippen LogP contribution in [0.3, 0.4) is 0 Å². The number of fused-ring (bicyclic) bond motifs is 3. The number of nitrogens with zero attached hydrogens (tertiary/aromatic N) is 2. The van der Waals surface area contributed by atoms with Gasteiger partial charge in [-0.2, -0.15) is 0 Å². The second kappa shape index (κ2) is 7.81. The van der Waals surface area contributed by atoms with Crippen molar-refractivity contribution in [2.45, 2.75) is 18.7 Å². The molecular formula is C21H17ClN2O5S2. The highest BCUT2D eigenvalue weighted by atomic mass is 35.5. The van der Waals surface area contributed by atoms with E-state index >= 15 is 0 Å². The fraction of sp³-hybridized carbons (Fsp3) is 0.238. The molecule has 0 radical (unpaired) electrons. The third kappa shape index (κ3) is 3.46. The number of oxazole rings is 1. The van der Waals surface area contributed by atoms with Crippen molar-refractivity contribution in [2.75, 3.05) is 12.9 Å². The molecule has 0 saturated heterocycles. The Kier molecular flexibility index (Phi) is 5.11. The van der Waals surface area contributed by atoms with Gasteiger partial charge < -0.3 is 14.3 Å². The van der Waals surface area contributed by atoms with Gasteiger partial charge in [0.1, 0.15) is 10.6 Å². The van der Waals surface area contributed by atoms with E-state index in [1.807, 2.05) is 24.3 Å². The van der Waals surface area contributed by atoms with Crippen LogP contribution in [0, 0.1) is 0 Å². The first kappa shape index (κ1) is 20.3. The lowest BCUT2D eigenvalue weighted by atomic mass is 9.97. The molecule has 1 aliphatic heterocycles. The molecule has 160 valence electrons. The van der Waals surface area contributed by atoms with Crippen LogP contribution >= 0.6 is 22.9 Å². The van der Waals surface area contributed by atoms with E-state index in [4.69, 9.17) is 25.7 Å². The summed E-state index contributed by atoms with van der Waals surface area (Å²) in [7, 11) is 0.722. The van der Waals surface area contributed by atoms with E-state index < -0.39 is 16.6 Å². The Hall–Kier alpha value is -2.62. The van der Waals surface area contributed by atoms with E-state index in [0.29, 0.717) is 28.6 Å². The predicted octanol–water partition coefficient (Wildman–Crippen LogP) is 3.94. The average Bonchev–Trinajstić information content (AvgIpc) is 3.28. The number of thiophene rings is 1. The Morgan fingerprint density at radius 1 is 1.35 bits per heavy atom. The average molecular weight is 477 g/mol. The number of pyridine rings is 1. The van der Waals surface area contributed by atoms with E-state index in [1.165, 1.54) is 11.3 Å². The summed E-state index contributed by atoms with van der Waals surface area (Å²) in [5.74, 6) is 0.853. The fourth-order valence-corrected chi connectivity index (χ4v) is 6.85. The third-order valence-corrected chi connectivity index (χ3v) is 8.34. The van der Waals surface area contributed by atoms with Crippen molar-refractivity contribution >= 4 is 44.0 Å². The molecule has 0 saturated carbocycles. The van der Waals surface area contributed by atoms with Gasteiger partial charge in [-0.05, 0) is 29.7 Å². The lowest BCUT2D eigenvalue weighted by Crippen LogP contribution is -2.16. The zero-order valence-corrected chi connectivity index (χ0v) is 18.8. The van der Waals surface area contributed by atoms with Crippen molar-refractivity contribution in [1.29, 1.82) is 0 Å². The summed E-state index contributed by atoms with van der Waals surface area (Å²) in [5.41, 5.74) is 3.27. The van der Waals surface area contributed by atoms with Crippen molar-refractivity contribution in [1.82, 2.24) is 9.55 Å². The highest BCUT2D eigenvalue weighted by Gasteiger charge is 2.26. The van der Waals surface area contributed by atoms with Gasteiger partial charge >= 0.3 is 5.76 Å². The number of aromatic hydroxyl groups is 1. The van der Waals surface area contributed by atoms with Crippen molar-refractivity contribution in [3.8, 4) is 22.8 Å². The van der Waals surface area contributed by atoms with Gasteiger partial charge in [-0.15, -0.1) is 11.3 Å². The summed E-state index contributed by atoms with van der Waals surface area (Å²) in [4.78, 5) is 18.5. The first-order valence-electron chi connectivity index (χ1n) is 9.45. The van der Waals surface area contributed by atoms with E-state index in [1.54, 1.807) is 7.11 Å². The van der Waals surface area contributed by atoms with Crippen LogP contribution in [0.1, 0.15) is 16.1 Å². The molecule has 0 aliphatic carbocycles. The largest absolute Gasteiger partial charge is 0.497 e. The van der Waals surface area contributed by atoms with Crippen LogP contribution in [0.4, 0.5) is 0 Å². The fourth-order valence-electron chi connectivity index (χ4n) is 3.83. The molecule has 0 bridgehead atoms. The quantitative estimate of drug-likeness (QED) is 0.479. The minimum absolute atomic E-state index is 0.0341. The number of benzene rings is 1. The summed E-state index contributed by atoms with van der Waals surface area (Å²) in [6.45, 7) is -0.0341. The molecule has 10 heteroatoms. The maximum atomic E-state index is 12.1. The van der Waals surface area contributed by atoms with Crippen molar-refractivity contribution < 1.29 is 18.5 Å². The first-order chi connectivity index (χ1) is 15.0. The van der Waals surface area contributed by atoms with Gasteiger partial charge in [0.25, 0.3) is 0 Å². The topological polar surface area (TPSA) is 94.6 Å². The molecule has 1 aliphatic rings.